The van der Waals surface area contributed by atoms with Gasteiger partial charge in [-0.05, 0) is 92.6 Å². The van der Waals surface area contributed by atoms with Crippen LogP contribution in [0.3, 0.4) is 0 Å². The first kappa shape index (κ1) is 28.6. The fourth-order valence-corrected chi connectivity index (χ4v) is 5.46. The van der Waals surface area contributed by atoms with Crippen LogP contribution >= 0.6 is 27.7 Å². The zero-order valence-corrected chi connectivity index (χ0v) is 24.8. The number of aromatic nitrogens is 2. The Kier molecular flexibility index (Phi) is 10.3. The van der Waals surface area contributed by atoms with Crippen molar-refractivity contribution in [3.8, 4) is 34.0 Å². The molecule has 0 aliphatic heterocycles. The first-order chi connectivity index (χ1) is 19.0. The zero-order valence-electron chi connectivity index (χ0n) is 22.4. The SMILES string of the molecule is CCn1c(SCCCCNC(=O)Nc2ccc(Br)cc2)nc(-c2ccc(OC)cc2)c1-c1ccc(OC)cc1. The number of thioether (sulfide) groups is 1. The number of halogens is 1. The van der Waals surface area contributed by atoms with E-state index in [1.54, 1.807) is 26.0 Å². The number of rotatable bonds is 12. The molecule has 204 valence electrons. The number of hydrogen-bond donors (Lipinski definition) is 2. The Balaban J connectivity index is 1.41. The Morgan fingerprint density at radius 2 is 1.51 bits per heavy atom. The molecule has 1 aromatic heterocycles. The maximum Gasteiger partial charge on any atom is 0.319 e. The fourth-order valence-electron chi connectivity index (χ4n) is 4.13. The number of carbonyl (C=O) groups excluding carboxylic acids is 1. The maximum atomic E-state index is 12.2. The van der Waals surface area contributed by atoms with Gasteiger partial charge in [0.2, 0.25) is 0 Å². The predicted octanol–water partition coefficient (Wildman–Crippen LogP) is 7.71. The number of anilines is 1. The average Bonchev–Trinajstić information content (AvgIpc) is 3.34. The van der Waals surface area contributed by atoms with Gasteiger partial charge >= 0.3 is 6.03 Å². The summed E-state index contributed by atoms with van der Waals surface area (Å²) in [5.41, 5.74) is 4.91. The van der Waals surface area contributed by atoms with Crippen molar-refractivity contribution in [2.24, 2.45) is 0 Å². The molecule has 3 aromatic carbocycles. The molecule has 9 heteroatoms. The summed E-state index contributed by atoms with van der Waals surface area (Å²) in [5, 5.41) is 6.76. The molecule has 1 heterocycles. The van der Waals surface area contributed by atoms with Crippen LogP contribution in [-0.2, 0) is 6.54 Å². The second-order valence-electron chi connectivity index (χ2n) is 8.74. The lowest BCUT2D eigenvalue weighted by Gasteiger charge is -2.12. The van der Waals surface area contributed by atoms with E-state index >= 15 is 0 Å². The summed E-state index contributed by atoms with van der Waals surface area (Å²) in [6.45, 7) is 3.55. The highest BCUT2D eigenvalue weighted by Gasteiger charge is 2.20. The van der Waals surface area contributed by atoms with Gasteiger partial charge in [0.15, 0.2) is 5.16 Å². The molecule has 0 spiro atoms. The Bertz CT molecular complexity index is 1360. The molecule has 0 fully saturated rings. The number of benzene rings is 3. The molecule has 0 saturated carbocycles. The summed E-state index contributed by atoms with van der Waals surface area (Å²) in [6.07, 6.45) is 1.83. The van der Waals surface area contributed by atoms with Crippen LogP contribution in [0.1, 0.15) is 19.8 Å². The summed E-state index contributed by atoms with van der Waals surface area (Å²) in [6, 6.07) is 23.5. The molecule has 39 heavy (non-hydrogen) atoms. The summed E-state index contributed by atoms with van der Waals surface area (Å²) >= 11 is 5.14. The number of hydrogen-bond acceptors (Lipinski definition) is 5. The van der Waals surface area contributed by atoms with Gasteiger partial charge in [0, 0.05) is 40.1 Å². The summed E-state index contributed by atoms with van der Waals surface area (Å²) in [4.78, 5) is 17.3. The lowest BCUT2D eigenvalue weighted by molar-refractivity contribution is 0.252. The van der Waals surface area contributed by atoms with Crippen LogP contribution < -0.4 is 20.1 Å². The van der Waals surface area contributed by atoms with Gasteiger partial charge in [-0.1, -0.05) is 27.7 Å². The highest BCUT2D eigenvalue weighted by Crippen LogP contribution is 2.37. The number of methoxy groups -OCH3 is 2. The first-order valence-electron chi connectivity index (χ1n) is 12.8. The van der Waals surface area contributed by atoms with Gasteiger partial charge in [-0.25, -0.2) is 9.78 Å². The van der Waals surface area contributed by atoms with E-state index < -0.39 is 0 Å². The van der Waals surface area contributed by atoms with Gasteiger partial charge < -0.3 is 24.7 Å². The Hall–Kier alpha value is -3.43. The van der Waals surface area contributed by atoms with E-state index in [0.29, 0.717) is 6.54 Å². The van der Waals surface area contributed by atoms with Crippen molar-refractivity contribution in [2.45, 2.75) is 31.5 Å². The quantitative estimate of drug-likeness (QED) is 0.127. The lowest BCUT2D eigenvalue weighted by atomic mass is 10.0. The highest BCUT2D eigenvalue weighted by atomic mass is 79.9. The maximum absolute atomic E-state index is 12.2. The molecule has 2 amide bonds. The van der Waals surface area contributed by atoms with Gasteiger partial charge in [-0.2, -0.15) is 0 Å². The monoisotopic (exact) mass is 608 g/mol. The summed E-state index contributed by atoms with van der Waals surface area (Å²) in [7, 11) is 3.34. The fraction of sp³-hybridized carbons (Fsp3) is 0.267. The van der Waals surface area contributed by atoms with Crippen LogP contribution in [0, 0.1) is 0 Å². The van der Waals surface area contributed by atoms with Crippen LogP contribution in [0.25, 0.3) is 22.5 Å². The molecule has 7 nitrogen and oxygen atoms in total. The van der Waals surface area contributed by atoms with Crippen LogP contribution in [0.15, 0.2) is 82.4 Å². The third kappa shape index (κ3) is 7.58. The van der Waals surface area contributed by atoms with Crippen LogP contribution in [0.5, 0.6) is 11.5 Å². The molecule has 4 aromatic rings. The minimum absolute atomic E-state index is 0.195. The van der Waals surface area contributed by atoms with Gasteiger partial charge in [0.05, 0.1) is 25.6 Å². The number of imidazole rings is 1. The smallest absolute Gasteiger partial charge is 0.319 e. The molecule has 0 aliphatic rings. The second-order valence-corrected chi connectivity index (χ2v) is 10.7. The number of unbranched alkanes of at least 4 members (excludes halogenated alkanes) is 1. The Morgan fingerprint density at radius 3 is 2.10 bits per heavy atom. The van der Waals surface area contributed by atoms with Gasteiger partial charge in [-0.15, -0.1) is 0 Å². The average molecular weight is 610 g/mol. The lowest BCUT2D eigenvalue weighted by Crippen LogP contribution is -2.29. The van der Waals surface area contributed by atoms with Crippen LogP contribution in [-0.4, -0.2) is 42.1 Å². The van der Waals surface area contributed by atoms with Crippen molar-refractivity contribution in [3.05, 3.63) is 77.3 Å². The van der Waals surface area contributed by atoms with E-state index in [0.717, 1.165) is 74.5 Å². The minimum Gasteiger partial charge on any atom is -0.497 e. The second kappa shape index (κ2) is 14.1. The van der Waals surface area contributed by atoms with E-state index in [-0.39, 0.29) is 6.03 Å². The van der Waals surface area contributed by atoms with Crippen LogP contribution in [0.4, 0.5) is 10.5 Å². The van der Waals surface area contributed by atoms with Gasteiger partial charge in [-0.3, -0.25) is 0 Å². The van der Waals surface area contributed by atoms with Crippen molar-refractivity contribution in [1.29, 1.82) is 0 Å². The number of urea groups is 1. The van der Waals surface area contributed by atoms with E-state index in [2.05, 4.69) is 50.2 Å². The predicted molar refractivity (Wildman–Crippen MR) is 163 cm³/mol. The molecule has 2 N–H and O–H groups in total. The van der Waals surface area contributed by atoms with Gasteiger partial charge in [0.1, 0.15) is 11.5 Å². The number of amides is 2. The Labute approximate surface area is 242 Å². The zero-order chi connectivity index (χ0) is 27.6. The standard InChI is InChI=1S/C30H33BrN4O3S/c1-4-35-28(22-9-17-26(38-3)18-10-22)27(21-7-15-25(37-2)16-8-21)34-30(35)39-20-6-5-19-32-29(36)33-24-13-11-23(31)12-14-24/h7-18H,4-6,19-20H2,1-3H3,(H2,32,33,36). The van der Waals surface area contributed by atoms with Crippen molar-refractivity contribution < 1.29 is 14.3 Å². The molecular formula is C30H33BrN4O3S. The van der Waals surface area contributed by atoms with Crippen molar-refractivity contribution in [2.75, 3.05) is 31.8 Å². The first-order valence-corrected chi connectivity index (χ1v) is 14.6. The Morgan fingerprint density at radius 1 is 0.897 bits per heavy atom. The normalized spacial score (nSPS) is 10.8. The molecule has 0 bridgehead atoms. The third-order valence-electron chi connectivity index (χ3n) is 6.17. The van der Waals surface area contributed by atoms with Gasteiger partial charge in [0.25, 0.3) is 0 Å². The van der Waals surface area contributed by atoms with Crippen molar-refractivity contribution >= 4 is 39.4 Å². The molecule has 0 atom stereocenters. The molecule has 0 aliphatic carbocycles. The topological polar surface area (TPSA) is 77.4 Å². The van der Waals surface area contributed by atoms with Crippen molar-refractivity contribution in [3.63, 3.8) is 0 Å². The van der Waals surface area contributed by atoms with E-state index in [1.165, 1.54) is 0 Å². The number of nitrogens with zero attached hydrogens (tertiary/aromatic N) is 2. The highest BCUT2D eigenvalue weighted by molar-refractivity contribution is 9.10. The minimum atomic E-state index is -0.195. The number of carbonyl (C=O) groups is 1. The third-order valence-corrected chi connectivity index (χ3v) is 7.76. The molecule has 0 unspecified atom stereocenters. The molecular weight excluding hydrogens is 576 g/mol. The molecule has 0 saturated heterocycles. The summed E-state index contributed by atoms with van der Waals surface area (Å²) < 4.78 is 14.0. The number of nitrogens with one attached hydrogen (secondary N) is 2. The molecule has 0 radical (unpaired) electrons. The number of ether oxygens (including phenoxy) is 2. The molecule has 4 rings (SSSR count). The van der Waals surface area contributed by atoms with Crippen molar-refractivity contribution in [1.82, 2.24) is 14.9 Å². The largest absolute Gasteiger partial charge is 0.497 e. The van der Waals surface area contributed by atoms with Crippen LogP contribution in [0.2, 0.25) is 0 Å². The van der Waals surface area contributed by atoms with E-state index in [4.69, 9.17) is 14.5 Å². The van der Waals surface area contributed by atoms with E-state index in [9.17, 15) is 4.79 Å². The van der Waals surface area contributed by atoms with E-state index in [1.807, 2.05) is 60.7 Å². The summed E-state index contributed by atoms with van der Waals surface area (Å²) in [5.74, 6) is 2.53.